The molecule has 1 saturated carbocycles. The first-order valence-electron chi connectivity index (χ1n) is 7.78. The van der Waals surface area contributed by atoms with Crippen LogP contribution in [0.5, 0.6) is 0 Å². The number of hydrogen-bond acceptors (Lipinski definition) is 1. The number of benzene rings is 1. The summed E-state index contributed by atoms with van der Waals surface area (Å²) in [7, 11) is 2.13. The Kier molecular flexibility index (Phi) is 4.03. The van der Waals surface area contributed by atoms with Crippen LogP contribution in [0, 0.1) is 5.92 Å². The Morgan fingerprint density at radius 2 is 2.05 bits per heavy atom. The van der Waals surface area contributed by atoms with Crippen LogP contribution in [0.1, 0.15) is 50.0 Å². The fraction of sp³-hybridized carbons (Fsp3) is 0.556. The zero-order chi connectivity index (χ0) is 13.1. The second-order valence-electron chi connectivity index (χ2n) is 6.12. The molecule has 2 aliphatic rings. The van der Waals surface area contributed by atoms with Gasteiger partial charge in [0.15, 0.2) is 0 Å². The normalized spacial score (nSPS) is 27.7. The van der Waals surface area contributed by atoms with Gasteiger partial charge in [-0.2, -0.15) is 0 Å². The maximum atomic E-state index is 3.57. The number of rotatable bonds is 5. The van der Waals surface area contributed by atoms with E-state index in [4.69, 9.17) is 0 Å². The van der Waals surface area contributed by atoms with E-state index in [-0.39, 0.29) is 0 Å². The Bertz CT molecular complexity index is 434. The molecule has 1 nitrogen and oxygen atoms in total. The predicted molar refractivity (Wildman–Crippen MR) is 81.3 cm³/mol. The molecule has 3 rings (SSSR count). The van der Waals surface area contributed by atoms with Gasteiger partial charge in [0.2, 0.25) is 0 Å². The van der Waals surface area contributed by atoms with E-state index in [1.165, 1.54) is 44.1 Å². The lowest BCUT2D eigenvalue weighted by Crippen LogP contribution is -2.28. The summed E-state index contributed by atoms with van der Waals surface area (Å²) in [6.45, 7) is 0. The van der Waals surface area contributed by atoms with Crippen molar-refractivity contribution in [3.05, 3.63) is 47.5 Å². The first kappa shape index (κ1) is 12.9. The van der Waals surface area contributed by atoms with Crippen LogP contribution in [0.2, 0.25) is 0 Å². The van der Waals surface area contributed by atoms with Crippen molar-refractivity contribution >= 4 is 0 Å². The summed E-state index contributed by atoms with van der Waals surface area (Å²) in [5, 5.41) is 3.57. The van der Waals surface area contributed by atoms with Crippen LogP contribution < -0.4 is 5.32 Å². The van der Waals surface area contributed by atoms with E-state index in [1.54, 1.807) is 5.57 Å². The zero-order valence-corrected chi connectivity index (χ0v) is 11.9. The van der Waals surface area contributed by atoms with Gasteiger partial charge >= 0.3 is 0 Å². The third kappa shape index (κ3) is 3.09. The van der Waals surface area contributed by atoms with Crippen molar-refractivity contribution in [2.45, 2.75) is 50.5 Å². The van der Waals surface area contributed by atoms with Gasteiger partial charge in [0, 0.05) is 6.04 Å². The molecule has 0 radical (unpaired) electrons. The first-order valence-corrected chi connectivity index (χ1v) is 7.78. The van der Waals surface area contributed by atoms with Crippen LogP contribution in [0.15, 0.2) is 42.0 Å². The summed E-state index contributed by atoms with van der Waals surface area (Å²) in [4.78, 5) is 0. The van der Waals surface area contributed by atoms with Gasteiger partial charge in [0.1, 0.15) is 0 Å². The van der Waals surface area contributed by atoms with E-state index >= 15 is 0 Å². The van der Waals surface area contributed by atoms with Gasteiger partial charge < -0.3 is 5.32 Å². The lowest BCUT2D eigenvalue weighted by atomic mass is 9.92. The van der Waals surface area contributed by atoms with Crippen LogP contribution in [0.3, 0.4) is 0 Å². The third-order valence-electron chi connectivity index (χ3n) is 4.82. The predicted octanol–water partition coefficient (Wildman–Crippen LogP) is 4.27. The van der Waals surface area contributed by atoms with Crippen molar-refractivity contribution < 1.29 is 0 Å². The third-order valence-corrected chi connectivity index (χ3v) is 4.82. The van der Waals surface area contributed by atoms with Gasteiger partial charge in [-0.3, -0.25) is 0 Å². The lowest BCUT2D eigenvalue weighted by molar-refractivity contribution is 0.476. The molecule has 19 heavy (non-hydrogen) atoms. The van der Waals surface area contributed by atoms with Gasteiger partial charge in [-0.05, 0) is 63.0 Å². The van der Waals surface area contributed by atoms with E-state index in [1.807, 2.05) is 0 Å². The average Bonchev–Trinajstić information content (AvgIpc) is 3.27. The Hall–Kier alpha value is -1.08. The second-order valence-corrected chi connectivity index (χ2v) is 6.12. The van der Waals surface area contributed by atoms with E-state index < -0.39 is 0 Å². The quantitative estimate of drug-likeness (QED) is 0.775. The molecule has 1 heteroatoms. The van der Waals surface area contributed by atoms with Gasteiger partial charge in [-0.15, -0.1) is 0 Å². The molecule has 3 unspecified atom stereocenters. The van der Waals surface area contributed by atoms with Crippen molar-refractivity contribution in [3.8, 4) is 0 Å². The molecule has 1 aromatic carbocycles. The fourth-order valence-electron chi connectivity index (χ4n) is 3.58. The van der Waals surface area contributed by atoms with Crippen molar-refractivity contribution in [1.82, 2.24) is 5.32 Å². The van der Waals surface area contributed by atoms with E-state index in [2.05, 4.69) is 48.8 Å². The highest BCUT2D eigenvalue weighted by atomic mass is 14.9. The summed E-state index contributed by atoms with van der Waals surface area (Å²) in [5.41, 5.74) is 3.23. The molecular weight excluding hydrogens is 230 g/mol. The van der Waals surface area contributed by atoms with Gasteiger partial charge in [-0.1, -0.05) is 42.0 Å². The van der Waals surface area contributed by atoms with Crippen LogP contribution in [0.25, 0.3) is 0 Å². The number of nitrogens with one attached hydrogen (secondary N) is 1. The summed E-state index contributed by atoms with van der Waals surface area (Å²) < 4.78 is 0. The van der Waals surface area contributed by atoms with Crippen LogP contribution >= 0.6 is 0 Å². The van der Waals surface area contributed by atoms with Gasteiger partial charge in [0.25, 0.3) is 0 Å². The largest absolute Gasteiger partial charge is 0.316 e. The summed E-state index contributed by atoms with van der Waals surface area (Å²) in [6, 6.07) is 11.7. The fourth-order valence-corrected chi connectivity index (χ4v) is 3.58. The highest BCUT2D eigenvalue weighted by Crippen LogP contribution is 2.50. The van der Waals surface area contributed by atoms with Crippen molar-refractivity contribution in [2.75, 3.05) is 7.05 Å². The second kappa shape index (κ2) is 5.92. The molecule has 0 spiro atoms. The average molecular weight is 255 g/mol. The van der Waals surface area contributed by atoms with Gasteiger partial charge in [0.05, 0.1) is 0 Å². The SMILES string of the molecule is CNC(CC1=CCCCC1)C1CC1c1ccccc1. The molecule has 3 atom stereocenters. The Morgan fingerprint density at radius 3 is 2.74 bits per heavy atom. The molecule has 0 aliphatic heterocycles. The molecule has 0 bridgehead atoms. The van der Waals surface area contributed by atoms with Gasteiger partial charge in [-0.25, -0.2) is 0 Å². The maximum Gasteiger partial charge on any atom is 0.0135 e. The minimum atomic E-state index is 0.676. The van der Waals surface area contributed by atoms with E-state index in [0.29, 0.717) is 6.04 Å². The van der Waals surface area contributed by atoms with Crippen molar-refractivity contribution in [1.29, 1.82) is 0 Å². The Balaban J connectivity index is 1.60. The molecule has 102 valence electrons. The molecule has 2 aliphatic carbocycles. The first-order chi connectivity index (χ1) is 9.38. The molecule has 0 amide bonds. The van der Waals surface area contributed by atoms with Crippen LogP contribution in [-0.4, -0.2) is 13.1 Å². The monoisotopic (exact) mass is 255 g/mol. The topological polar surface area (TPSA) is 12.0 Å². The summed E-state index contributed by atoms with van der Waals surface area (Å²) in [5.74, 6) is 1.64. The molecular formula is C18H25N. The molecule has 0 aromatic heterocycles. The van der Waals surface area contributed by atoms with Crippen LogP contribution in [-0.2, 0) is 0 Å². The molecule has 1 fully saturated rings. The molecule has 1 N–H and O–H groups in total. The lowest BCUT2D eigenvalue weighted by Gasteiger charge is -2.20. The summed E-state index contributed by atoms with van der Waals surface area (Å²) in [6.07, 6.45) is 10.6. The van der Waals surface area contributed by atoms with Crippen molar-refractivity contribution in [2.24, 2.45) is 5.92 Å². The molecule has 0 heterocycles. The molecule has 0 saturated heterocycles. The van der Waals surface area contributed by atoms with Crippen molar-refractivity contribution in [3.63, 3.8) is 0 Å². The van der Waals surface area contributed by atoms with Crippen LogP contribution in [0.4, 0.5) is 0 Å². The Labute approximate surface area is 117 Å². The smallest absolute Gasteiger partial charge is 0.0135 e. The number of allylic oxidation sites excluding steroid dienone is 1. The minimum absolute atomic E-state index is 0.676. The number of hydrogen-bond donors (Lipinski definition) is 1. The van der Waals surface area contributed by atoms with E-state index in [9.17, 15) is 0 Å². The highest BCUT2D eigenvalue weighted by molar-refractivity contribution is 5.27. The molecule has 1 aromatic rings. The summed E-state index contributed by atoms with van der Waals surface area (Å²) >= 11 is 0. The maximum absolute atomic E-state index is 3.57. The van der Waals surface area contributed by atoms with E-state index in [0.717, 1.165) is 11.8 Å². The minimum Gasteiger partial charge on any atom is -0.316 e. The Morgan fingerprint density at radius 1 is 1.21 bits per heavy atom. The standard InChI is InChI=1S/C18H25N/c1-19-18(12-14-8-4-2-5-9-14)17-13-16(17)15-10-6-3-7-11-15/h3,6-8,10-11,16-19H,2,4-5,9,12-13H2,1H3. The zero-order valence-electron chi connectivity index (χ0n) is 11.9. The highest BCUT2D eigenvalue weighted by Gasteiger charge is 2.43.